The molecular formula is C12H21NO8. The van der Waals surface area contributed by atoms with Gasteiger partial charge in [-0.05, 0) is 0 Å². The lowest BCUT2D eigenvalue weighted by molar-refractivity contribution is -0.133. The smallest absolute Gasteiger partial charge is 0.331 e. The molecular weight excluding hydrogens is 286 g/mol. The summed E-state index contributed by atoms with van der Waals surface area (Å²) in [5.41, 5.74) is -0.359. The summed E-state index contributed by atoms with van der Waals surface area (Å²) in [6.45, 7) is 3.45. The van der Waals surface area contributed by atoms with Gasteiger partial charge in [-0.25, -0.2) is 4.79 Å². The molecule has 7 N–H and O–H groups in total. The number of hydrogen-bond acceptors (Lipinski definition) is 7. The molecule has 0 aliphatic heterocycles. The van der Waals surface area contributed by atoms with Gasteiger partial charge in [0.1, 0.15) is 18.3 Å². The molecule has 0 rings (SSSR count). The fraction of sp³-hybridized carbons (Fsp3) is 0.667. The van der Waals surface area contributed by atoms with Crippen LogP contribution >= 0.6 is 0 Å². The van der Waals surface area contributed by atoms with E-state index in [4.69, 9.17) is 10.2 Å². The summed E-state index contributed by atoms with van der Waals surface area (Å²) in [4.78, 5) is 21.7. The SMILES string of the molecule is C=C(C[C@H](O)[C@@H](NC(C)=O)[C@@H](O)[C@@H](O)[C@H](O)CO)C(=O)O. The molecule has 0 fully saturated rings. The Labute approximate surface area is 121 Å². The minimum atomic E-state index is -1.85. The second kappa shape index (κ2) is 8.70. The fourth-order valence-electron chi connectivity index (χ4n) is 1.66. The molecule has 21 heavy (non-hydrogen) atoms. The van der Waals surface area contributed by atoms with E-state index in [1.54, 1.807) is 0 Å². The van der Waals surface area contributed by atoms with Gasteiger partial charge in [0, 0.05) is 18.9 Å². The Morgan fingerprint density at radius 1 is 1.10 bits per heavy atom. The number of carbonyl (C=O) groups is 2. The van der Waals surface area contributed by atoms with Gasteiger partial charge in [-0.3, -0.25) is 4.79 Å². The molecule has 0 aromatic heterocycles. The van der Waals surface area contributed by atoms with E-state index < -0.39 is 55.4 Å². The Morgan fingerprint density at radius 3 is 2.00 bits per heavy atom. The number of amides is 1. The summed E-state index contributed by atoms with van der Waals surface area (Å²) in [7, 11) is 0. The van der Waals surface area contributed by atoms with Crippen LogP contribution in [-0.4, -0.2) is 79.6 Å². The van der Waals surface area contributed by atoms with E-state index in [9.17, 15) is 30.0 Å². The topological polar surface area (TPSA) is 168 Å². The van der Waals surface area contributed by atoms with Gasteiger partial charge < -0.3 is 36.0 Å². The summed E-state index contributed by atoms with van der Waals surface area (Å²) in [6, 6.07) is -1.45. The number of carboxylic acids is 1. The van der Waals surface area contributed by atoms with E-state index in [-0.39, 0.29) is 5.57 Å². The third-order valence-electron chi connectivity index (χ3n) is 2.84. The number of aliphatic hydroxyl groups is 5. The van der Waals surface area contributed by atoms with Gasteiger partial charge in [0.2, 0.25) is 5.91 Å². The van der Waals surface area contributed by atoms with Crippen LogP contribution in [0.5, 0.6) is 0 Å². The van der Waals surface area contributed by atoms with E-state index >= 15 is 0 Å². The van der Waals surface area contributed by atoms with E-state index in [0.29, 0.717) is 0 Å². The average Bonchev–Trinajstić information content (AvgIpc) is 2.41. The molecule has 122 valence electrons. The van der Waals surface area contributed by atoms with Crippen LogP contribution in [0.2, 0.25) is 0 Å². The Kier molecular flexibility index (Phi) is 8.07. The van der Waals surface area contributed by atoms with Crippen molar-refractivity contribution in [3.8, 4) is 0 Å². The molecule has 0 radical (unpaired) electrons. The normalized spacial score (nSPS) is 18.2. The predicted octanol–water partition coefficient (Wildman–Crippen LogP) is -3.04. The number of aliphatic hydroxyl groups excluding tert-OH is 5. The molecule has 0 aromatic carbocycles. The third-order valence-corrected chi connectivity index (χ3v) is 2.84. The standard InChI is InChI=1S/C12H21NO8/c1-5(12(20)21)3-7(16)9(13-6(2)15)11(19)10(18)8(17)4-14/h7-11,14,16-19H,1,3-4H2,2H3,(H,13,15)(H,20,21)/t7-,8+,9+,10-,11+/m0/s1. The molecule has 0 saturated carbocycles. The summed E-state index contributed by atoms with van der Waals surface area (Å²) in [5, 5.41) is 58.2. The minimum absolute atomic E-state index is 0.359. The summed E-state index contributed by atoms with van der Waals surface area (Å²) >= 11 is 0. The Hall–Kier alpha value is -1.52. The third kappa shape index (κ3) is 6.19. The van der Waals surface area contributed by atoms with Gasteiger partial charge in [0.25, 0.3) is 0 Å². The number of carbonyl (C=O) groups excluding carboxylic acids is 1. The second-order valence-corrected chi connectivity index (χ2v) is 4.64. The zero-order chi connectivity index (χ0) is 16.7. The van der Waals surface area contributed by atoms with E-state index in [1.807, 2.05) is 0 Å². The number of carboxylic acid groups (broad SMARTS) is 1. The van der Waals surface area contributed by atoms with Gasteiger partial charge in [-0.15, -0.1) is 0 Å². The predicted molar refractivity (Wildman–Crippen MR) is 70.1 cm³/mol. The molecule has 9 nitrogen and oxygen atoms in total. The van der Waals surface area contributed by atoms with Gasteiger partial charge in [-0.1, -0.05) is 6.58 Å². The van der Waals surface area contributed by atoms with E-state index in [1.165, 1.54) is 0 Å². The Balaban J connectivity index is 5.04. The molecule has 0 aromatic rings. The van der Waals surface area contributed by atoms with Crippen LogP contribution in [0.3, 0.4) is 0 Å². The van der Waals surface area contributed by atoms with Crippen LogP contribution < -0.4 is 5.32 Å². The lowest BCUT2D eigenvalue weighted by Crippen LogP contribution is -2.57. The second-order valence-electron chi connectivity index (χ2n) is 4.64. The van der Waals surface area contributed by atoms with Crippen LogP contribution in [0.4, 0.5) is 0 Å². The first-order valence-corrected chi connectivity index (χ1v) is 6.13. The highest BCUT2D eigenvalue weighted by atomic mass is 16.4. The molecule has 0 aliphatic rings. The lowest BCUT2D eigenvalue weighted by atomic mass is 9.93. The molecule has 0 aliphatic carbocycles. The van der Waals surface area contributed by atoms with Crippen molar-refractivity contribution in [2.75, 3.05) is 6.61 Å². The lowest BCUT2D eigenvalue weighted by Gasteiger charge is -2.32. The molecule has 0 bridgehead atoms. The average molecular weight is 307 g/mol. The fourth-order valence-corrected chi connectivity index (χ4v) is 1.66. The van der Waals surface area contributed by atoms with Gasteiger partial charge in [0.05, 0.1) is 18.8 Å². The van der Waals surface area contributed by atoms with Gasteiger partial charge in [0.15, 0.2) is 0 Å². The molecule has 9 heteroatoms. The minimum Gasteiger partial charge on any atom is -0.478 e. The number of aliphatic carboxylic acids is 1. The van der Waals surface area contributed by atoms with Crippen LogP contribution in [0, 0.1) is 0 Å². The van der Waals surface area contributed by atoms with Crippen molar-refractivity contribution in [1.29, 1.82) is 0 Å². The number of nitrogens with one attached hydrogen (secondary N) is 1. The highest BCUT2D eigenvalue weighted by Crippen LogP contribution is 2.14. The quantitative estimate of drug-likeness (QED) is 0.221. The zero-order valence-corrected chi connectivity index (χ0v) is 11.5. The van der Waals surface area contributed by atoms with Crippen LogP contribution in [0.1, 0.15) is 13.3 Å². The van der Waals surface area contributed by atoms with Crippen LogP contribution in [0.15, 0.2) is 12.2 Å². The summed E-state index contributed by atoms with van der Waals surface area (Å²) < 4.78 is 0. The zero-order valence-electron chi connectivity index (χ0n) is 11.5. The van der Waals surface area contributed by atoms with Gasteiger partial charge >= 0.3 is 5.97 Å². The number of hydrogen-bond donors (Lipinski definition) is 7. The molecule has 0 unspecified atom stereocenters. The van der Waals surface area contributed by atoms with E-state index in [0.717, 1.165) is 6.92 Å². The van der Waals surface area contributed by atoms with Crippen molar-refractivity contribution in [3.63, 3.8) is 0 Å². The highest BCUT2D eigenvalue weighted by Gasteiger charge is 2.36. The first-order valence-electron chi connectivity index (χ1n) is 6.13. The Bertz CT molecular complexity index is 385. The van der Waals surface area contributed by atoms with Gasteiger partial charge in [-0.2, -0.15) is 0 Å². The summed E-state index contributed by atoms with van der Waals surface area (Å²) in [6.07, 6.45) is -7.40. The van der Waals surface area contributed by atoms with E-state index in [2.05, 4.69) is 11.9 Å². The largest absolute Gasteiger partial charge is 0.478 e. The van der Waals surface area contributed by atoms with Crippen molar-refractivity contribution >= 4 is 11.9 Å². The monoisotopic (exact) mass is 307 g/mol. The molecule has 1 amide bonds. The molecule has 5 atom stereocenters. The van der Waals surface area contributed by atoms with Crippen molar-refractivity contribution in [2.24, 2.45) is 0 Å². The Morgan fingerprint density at radius 2 is 1.62 bits per heavy atom. The first-order chi connectivity index (χ1) is 9.61. The maximum Gasteiger partial charge on any atom is 0.331 e. The van der Waals surface area contributed by atoms with Crippen LogP contribution in [-0.2, 0) is 9.59 Å². The van der Waals surface area contributed by atoms with Crippen molar-refractivity contribution in [3.05, 3.63) is 12.2 Å². The molecule has 0 saturated heterocycles. The maximum absolute atomic E-state index is 11.1. The highest BCUT2D eigenvalue weighted by molar-refractivity contribution is 5.85. The van der Waals surface area contributed by atoms with Crippen molar-refractivity contribution < 1.29 is 40.2 Å². The first kappa shape index (κ1) is 19.5. The van der Waals surface area contributed by atoms with Crippen molar-refractivity contribution in [2.45, 2.75) is 43.8 Å². The maximum atomic E-state index is 11.1. The van der Waals surface area contributed by atoms with Crippen LogP contribution in [0.25, 0.3) is 0 Å². The summed E-state index contributed by atoms with van der Waals surface area (Å²) in [5.74, 6) is -2.01. The van der Waals surface area contributed by atoms with Crippen molar-refractivity contribution in [1.82, 2.24) is 5.32 Å². The molecule has 0 spiro atoms. The number of rotatable bonds is 9. The molecule has 0 heterocycles.